The Morgan fingerprint density at radius 1 is 1.00 bits per heavy atom. The zero-order valence-electron chi connectivity index (χ0n) is 25.4. The molecule has 2 aliphatic carbocycles. The molecule has 1 heterocycles. The zero-order chi connectivity index (χ0) is 30.6. The van der Waals surface area contributed by atoms with E-state index in [1.54, 1.807) is 6.92 Å². The second-order valence-corrected chi connectivity index (χ2v) is 12.4. The molecular formula is C35H42O8. The second-order valence-electron chi connectivity index (χ2n) is 12.4. The number of rotatable bonds is 10. The first-order valence-corrected chi connectivity index (χ1v) is 15.1. The number of hydrogen-bond acceptors (Lipinski definition) is 8. The predicted octanol–water partition coefficient (Wildman–Crippen LogP) is 5.40. The van der Waals surface area contributed by atoms with Crippen molar-refractivity contribution in [1.82, 2.24) is 0 Å². The molecule has 0 aromatic heterocycles. The summed E-state index contributed by atoms with van der Waals surface area (Å²) in [4.78, 5) is 40.1. The van der Waals surface area contributed by atoms with Gasteiger partial charge in [-0.1, -0.05) is 93.1 Å². The number of carbonyl (C=O) groups excluding carboxylic acids is 3. The first-order valence-electron chi connectivity index (χ1n) is 15.1. The number of Topliss-reactive ketones (excluding diaryl/α,β-unsaturated/α-hetero) is 2. The number of benzene rings is 2. The molecule has 8 nitrogen and oxygen atoms in total. The maximum Gasteiger partial charge on any atom is 0.227 e. The molecule has 0 amide bonds. The van der Waals surface area contributed by atoms with E-state index in [0.717, 1.165) is 29.4 Å². The molecule has 3 aliphatic rings. The third kappa shape index (κ3) is 6.17. The van der Waals surface area contributed by atoms with E-state index in [2.05, 4.69) is 19.9 Å². The Kier molecular flexibility index (Phi) is 9.73. The van der Waals surface area contributed by atoms with E-state index in [4.69, 9.17) is 23.7 Å². The summed E-state index contributed by atoms with van der Waals surface area (Å²) in [6.07, 6.45) is 2.04. The molecule has 2 aromatic carbocycles. The minimum absolute atomic E-state index is 0.0294. The molecule has 43 heavy (non-hydrogen) atoms. The molecule has 0 radical (unpaired) electrons. The normalized spacial score (nSPS) is 33.6. The van der Waals surface area contributed by atoms with Crippen molar-refractivity contribution >= 4 is 17.9 Å². The van der Waals surface area contributed by atoms with Crippen LogP contribution in [0, 0.1) is 23.2 Å². The summed E-state index contributed by atoms with van der Waals surface area (Å²) in [6.45, 7) is 6.15. The summed E-state index contributed by atoms with van der Waals surface area (Å²) < 4.78 is 30.8. The van der Waals surface area contributed by atoms with Crippen molar-refractivity contribution in [3.63, 3.8) is 0 Å². The van der Waals surface area contributed by atoms with Crippen molar-refractivity contribution in [3.8, 4) is 0 Å². The number of ketones is 2. The van der Waals surface area contributed by atoms with E-state index in [-0.39, 0.29) is 32.3 Å². The highest BCUT2D eigenvalue weighted by atomic mass is 16.7. The van der Waals surface area contributed by atoms with Gasteiger partial charge in [-0.25, -0.2) is 0 Å². The van der Waals surface area contributed by atoms with Gasteiger partial charge >= 0.3 is 0 Å². The number of allylic oxidation sites excluding steroid dienone is 1. The largest absolute Gasteiger partial charge is 0.365 e. The van der Waals surface area contributed by atoms with Crippen LogP contribution in [0.25, 0.3) is 0 Å². The van der Waals surface area contributed by atoms with Crippen LogP contribution in [0.5, 0.6) is 0 Å². The molecule has 1 aliphatic heterocycles. The van der Waals surface area contributed by atoms with Gasteiger partial charge in [0.05, 0.1) is 19.3 Å². The van der Waals surface area contributed by atoms with Gasteiger partial charge in [0, 0.05) is 36.8 Å². The first kappa shape index (κ1) is 31.4. The van der Waals surface area contributed by atoms with E-state index >= 15 is 0 Å². The van der Waals surface area contributed by atoms with Gasteiger partial charge in [-0.3, -0.25) is 9.59 Å². The van der Waals surface area contributed by atoms with E-state index in [1.807, 2.05) is 60.7 Å². The monoisotopic (exact) mass is 590 g/mol. The summed E-state index contributed by atoms with van der Waals surface area (Å²) >= 11 is 0. The quantitative estimate of drug-likeness (QED) is 0.157. The van der Waals surface area contributed by atoms with Crippen LogP contribution in [-0.2, 0) is 44.7 Å². The van der Waals surface area contributed by atoms with Crippen LogP contribution < -0.4 is 0 Å². The zero-order valence-corrected chi connectivity index (χ0v) is 25.4. The smallest absolute Gasteiger partial charge is 0.227 e. The lowest BCUT2D eigenvalue weighted by Crippen LogP contribution is -2.61. The third-order valence-electron chi connectivity index (χ3n) is 9.63. The van der Waals surface area contributed by atoms with E-state index in [1.165, 1.54) is 7.11 Å². The van der Waals surface area contributed by atoms with Crippen molar-refractivity contribution in [2.24, 2.45) is 23.2 Å². The fraction of sp³-hybridized carbons (Fsp3) is 0.514. The Hall–Kier alpha value is -3.01. The highest BCUT2D eigenvalue weighted by molar-refractivity contribution is 6.39. The summed E-state index contributed by atoms with van der Waals surface area (Å²) in [5.74, 6) is -2.71. The molecule has 2 fully saturated rings. The lowest BCUT2D eigenvalue weighted by atomic mass is 9.70. The Morgan fingerprint density at radius 3 is 2.37 bits per heavy atom. The molecule has 1 saturated carbocycles. The van der Waals surface area contributed by atoms with Crippen molar-refractivity contribution < 1.29 is 38.1 Å². The maximum absolute atomic E-state index is 14.0. The van der Waals surface area contributed by atoms with Gasteiger partial charge in [0.2, 0.25) is 11.6 Å². The molecule has 7 atom stereocenters. The van der Waals surface area contributed by atoms with Crippen LogP contribution >= 0.6 is 0 Å². The van der Waals surface area contributed by atoms with Gasteiger partial charge in [-0.15, -0.1) is 0 Å². The molecule has 2 aromatic rings. The van der Waals surface area contributed by atoms with Crippen LogP contribution in [0.15, 0.2) is 72.3 Å². The maximum atomic E-state index is 14.0. The van der Waals surface area contributed by atoms with Gasteiger partial charge in [0.25, 0.3) is 0 Å². The van der Waals surface area contributed by atoms with Crippen molar-refractivity contribution in [3.05, 3.63) is 83.4 Å². The van der Waals surface area contributed by atoms with Crippen LogP contribution in [0.1, 0.15) is 57.5 Å². The van der Waals surface area contributed by atoms with Crippen molar-refractivity contribution in [1.29, 1.82) is 0 Å². The van der Waals surface area contributed by atoms with Gasteiger partial charge in [-0.05, 0) is 23.8 Å². The fourth-order valence-electron chi connectivity index (χ4n) is 7.09. The predicted molar refractivity (Wildman–Crippen MR) is 159 cm³/mol. The second kappa shape index (κ2) is 13.3. The average Bonchev–Trinajstić information content (AvgIpc) is 3.32. The van der Waals surface area contributed by atoms with Gasteiger partial charge in [0.15, 0.2) is 6.29 Å². The standard InChI is InChI=1S/C35H42O8/c1-23-28(19-26-15-16-27(34(26,2)3)32(41-22-39-4)31(38)30(23)37)35(42-20-24-11-7-5-8-12-24)21-40-33(43-29(35)17-18-36)25-13-9-6-10-14-25/h5-14,18-19,23,27-29,32-33H,15-17,20-22H2,1-4H3/b26-19-/t23-,27-,28+,29+,32-,33-,35-/m1/s1. The molecule has 2 bridgehead atoms. The number of methoxy groups -OCH3 is 1. The molecular weight excluding hydrogens is 548 g/mol. The van der Waals surface area contributed by atoms with Crippen LogP contribution in [0.4, 0.5) is 0 Å². The average molecular weight is 591 g/mol. The van der Waals surface area contributed by atoms with Gasteiger partial charge in [0.1, 0.15) is 24.8 Å². The third-order valence-corrected chi connectivity index (χ3v) is 9.63. The molecule has 8 heteroatoms. The molecule has 0 spiro atoms. The minimum atomic E-state index is -1.24. The van der Waals surface area contributed by atoms with E-state index < -0.39 is 52.9 Å². The SMILES string of the molecule is COCO[C@H]1C(=O)C(=O)[C@H](C)[C@@H]([C@]2(OCc3ccccc3)CO[C@@H](c3ccccc3)O[C@H]2CC=O)/C=C2/CC[C@H]1C2(C)C. The van der Waals surface area contributed by atoms with Crippen molar-refractivity contribution in [2.75, 3.05) is 20.5 Å². The van der Waals surface area contributed by atoms with Crippen LogP contribution in [-0.4, -0.2) is 56.2 Å². The highest BCUT2D eigenvalue weighted by Crippen LogP contribution is 2.53. The van der Waals surface area contributed by atoms with Gasteiger partial charge in [-0.2, -0.15) is 0 Å². The van der Waals surface area contributed by atoms with Crippen LogP contribution in [0.3, 0.4) is 0 Å². The number of carbonyl (C=O) groups is 3. The number of ether oxygens (including phenoxy) is 5. The highest BCUT2D eigenvalue weighted by Gasteiger charge is 2.57. The Morgan fingerprint density at radius 2 is 1.70 bits per heavy atom. The van der Waals surface area contributed by atoms with E-state index in [9.17, 15) is 14.4 Å². The topological polar surface area (TPSA) is 97.4 Å². The van der Waals surface area contributed by atoms with Gasteiger partial charge < -0.3 is 28.5 Å². The molecule has 0 N–H and O–H groups in total. The first-order chi connectivity index (χ1) is 20.7. The molecule has 0 unspecified atom stereocenters. The lowest BCUT2D eigenvalue weighted by molar-refractivity contribution is -0.319. The Labute approximate surface area is 253 Å². The summed E-state index contributed by atoms with van der Waals surface area (Å²) in [5.41, 5.74) is 1.20. The lowest BCUT2D eigenvalue weighted by Gasteiger charge is -2.50. The molecule has 230 valence electrons. The number of aldehydes is 1. The number of fused-ring (bicyclic) bond motifs is 2. The van der Waals surface area contributed by atoms with Crippen molar-refractivity contribution in [2.45, 2.75) is 70.7 Å². The van der Waals surface area contributed by atoms with E-state index in [0.29, 0.717) is 6.42 Å². The summed E-state index contributed by atoms with van der Waals surface area (Å²) in [5, 5.41) is 0. The summed E-state index contributed by atoms with van der Waals surface area (Å²) in [7, 11) is 1.50. The molecule has 1 saturated heterocycles. The molecule has 5 rings (SSSR count). The number of hydrogen-bond donors (Lipinski definition) is 0. The van der Waals surface area contributed by atoms with Crippen LogP contribution in [0.2, 0.25) is 0 Å². The fourth-order valence-corrected chi connectivity index (χ4v) is 7.09. The summed E-state index contributed by atoms with van der Waals surface area (Å²) in [6, 6.07) is 19.3. The Bertz CT molecular complexity index is 1310. The minimum Gasteiger partial charge on any atom is -0.365 e. The Balaban J connectivity index is 1.61.